The van der Waals surface area contributed by atoms with Crippen LogP contribution in [0, 0.1) is 46.6 Å². The number of hydrogen-bond donors (Lipinski definition) is 0. The molecule has 402 valence electrons. The van der Waals surface area contributed by atoms with Crippen molar-refractivity contribution in [3.8, 4) is 46.6 Å². The molecular formula is C66H96O5Si3. The maximum absolute atomic E-state index is 13.5. The lowest BCUT2D eigenvalue weighted by Crippen LogP contribution is -2.41. The smallest absolute Gasteiger partial charge is 0.338 e. The zero-order chi connectivity index (χ0) is 54.5. The Morgan fingerprint density at radius 3 is 1.01 bits per heavy atom. The zero-order valence-electron chi connectivity index (χ0n) is 48.7. The van der Waals surface area contributed by atoms with Crippen LogP contribution in [0.1, 0.15) is 223 Å². The Kier molecular flexibility index (Phi) is 28.8. The van der Waals surface area contributed by atoms with Gasteiger partial charge in [0.25, 0.3) is 0 Å². The molecule has 0 aliphatic heterocycles. The zero-order valence-corrected chi connectivity index (χ0v) is 51.7. The summed E-state index contributed by atoms with van der Waals surface area (Å²) < 4.78 is 18.3. The largest absolute Gasteiger partial charge is 0.462 e. The van der Waals surface area contributed by atoms with Gasteiger partial charge in [0.05, 0.1) is 24.3 Å². The fourth-order valence-corrected chi connectivity index (χ4v) is 9.97. The molecular weight excluding hydrogens is 957 g/mol. The molecule has 3 aromatic rings. The second-order valence-corrected chi connectivity index (χ2v) is 38.3. The van der Waals surface area contributed by atoms with E-state index in [1.54, 1.807) is 0 Å². The van der Waals surface area contributed by atoms with Crippen molar-refractivity contribution in [2.24, 2.45) is 0 Å². The van der Waals surface area contributed by atoms with Crippen molar-refractivity contribution in [1.29, 1.82) is 0 Å². The molecule has 5 nitrogen and oxygen atoms in total. The summed E-state index contributed by atoms with van der Waals surface area (Å²) in [6.07, 6.45) is 25.1. The van der Waals surface area contributed by atoms with Gasteiger partial charge in [0.15, 0.2) is 8.32 Å². The lowest BCUT2D eigenvalue weighted by molar-refractivity contribution is 0.0488. The summed E-state index contributed by atoms with van der Waals surface area (Å²) in [6.45, 7) is 30.5. The van der Waals surface area contributed by atoms with Crippen molar-refractivity contribution in [3.05, 3.63) is 105 Å². The summed E-state index contributed by atoms with van der Waals surface area (Å²) in [6, 6.07) is 17.5. The van der Waals surface area contributed by atoms with E-state index in [9.17, 15) is 9.59 Å². The number of carbonyl (C=O) groups excluding carboxylic acids is 2. The van der Waals surface area contributed by atoms with Gasteiger partial charge in [-0.1, -0.05) is 225 Å². The molecule has 0 radical (unpaired) electrons. The number of hydrogen-bond acceptors (Lipinski definition) is 5. The Morgan fingerprint density at radius 1 is 0.405 bits per heavy atom. The molecule has 0 unspecified atom stereocenters. The van der Waals surface area contributed by atoms with Crippen molar-refractivity contribution < 1.29 is 23.5 Å². The van der Waals surface area contributed by atoms with Crippen LogP contribution >= 0.6 is 0 Å². The van der Waals surface area contributed by atoms with Gasteiger partial charge in [-0.2, -0.15) is 0 Å². The van der Waals surface area contributed by atoms with E-state index in [2.05, 4.69) is 146 Å². The van der Waals surface area contributed by atoms with Crippen LogP contribution in [0.4, 0.5) is 0 Å². The molecule has 3 rings (SSSR count). The molecule has 0 saturated heterocycles. The van der Waals surface area contributed by atoms with Gasteiger partial charge in [-0.3, -0.25) is 0 Å². The molecule has 0 N–H and O–H groups in total. The van der Waals surface area contributed by atoms with E-state index in [1.165, 1.54) is 103 Å². The molecule has 0 heterocycles. The van der Waals surface area contributed by atoms with E-state index in [0.29, 0.717) is 48.5 Å². The summed E-state index contributed by atoms with van der Waals surface area (Å²) in [5.41, 5.74) is 13.4. The van der Waals surface area contributed by atoms with Crippen LogP contribution in [-0.2, 0) is 20.3 Å². The molecule has 0 amide bonds. The molecule has 0 aliphatic rings. The van der Waals surface area contributed by atoms with Crippen LogP contribution < -0.4 is 0 Å². The summed E-state index contributed by atoms with van der Waals surface area (Å²) in [5, 5.41) is 0.0926. The topological polar surface area (TPSA) is 61.8 Å². The van der Waals surface area contributed by atoms with Crippen LogP contribution in [-0.4, -0.2) is 56.2 Å². The average molecular weight is 1050 g/mol. The van der Waals surface area contributed by atoms with Crippen LogP contribution in [0.3, 0.4) is 0 Å². The van der Waals surface area contributed by atoms with Crippen LogP contribution in [0.25, 0.3) is 0 Å². The molecule has 0 saturated carbocycles. The summed E-state index contributed by atoms with van der Waals surface area (Å²) in [5.74, 6) is 19.6. The fourth-order valence-electron chi connectivity index (χ4n) is 7.88. The van der Waals surface area contributed by atoms with E-state index in [4.69, 9.17) is 13.9 Å². The first-order valence-corrected chi connectivity index (χ1v) is 38.5. The molecule has 0 spiro atoms. The third-order valence-electron chi connectivity index (χ3n) is 13.3. The predicted molar refractivity (Wildman–Crippen MR) is 323 cm³/mol. The highest BCUT2D eigenvalue weighted by atomic mass is 28.4. The first-order chi connectivity index (χ1) is 35.1. The molecule has 0 fully saturated rings. The molecule has 0 atom stereocenters. The van der Waals surface area contributed by atoms with E-state index in [0.717, 1.165) is 53.5 Å². The van der Waals surface area contributed by atoms with Crippen molar-refractivity contribution >= 4 is 36.4 Å². The number of ether oxygens (including phenoxy) is 2. The van der Waals surface area contributed by atoms with E-state index in [-0.39, 0.29) is 17.0 Å². The Morgan fingerprint density at radius 2 is 0.703 bits per heavy atom. The van der Waals surface area contributed by atoms with Gasteiger partial charge < -0.3 is 13.9 Å². The summed E-state index contributed by atoms with van der Waals surface area (Å²) in [7, 11) is -5.38. The Hall–Kier alpha value is -4.55. The quantitative estimate of drug-likeness (QED) is 0.0314. The van der Waals surface area contributed by atoms with Crippen molar-refractivity contribution in [3.63, 3.8) is 0 Å². The minimum atomic E-state index is -1.98. The van der Waals surface area contributed by atoms with Gasteiger partial charge in [0, 0.05) is 40.0 Å². The van der Waals surface area contributed by atoms with E-state index < -0.39 is 24.5 Å². The molecule has 0 aromatic heterocycles. The van der Waals surface area contributed by atoms with Crippen LogP contribution in [0.5, 0.6) is 0 Å². The molecule has 8 heteroatoms. The molecule has 0 aliphatic carbocycles. The number of carbonyl (C=O) groups is 2. The van der Waals surface area contributed by atoms with Gasteiger partial charge in [0.1, 0.15) is 16.1 Å². The minimum absolute atomic E-state index is 0.0926. The maximum Gasteiger partial charge on any atom is 0.338 e. The standard InChI is InChI=1S/C66H96O5Si3/c1-14-16-18-20-22-24-26-28-30-32-41-69-64(67)62-51-57(49-60(53-62)39-44-72(6,7)8)36-34-55-46-56(48-59(47-55)38-43-71-74(12,13)66(3,4)5)35-37-58-50-61(40-45-73(9,10)11)54-63(52-58)65(68)70-42-33-31-29-27-25-23-21-19-17-15-2/h46-54H,14-33,38,41-43H2,1-13H3. The van der Waals surface area contributed by atoms with Gasteiger partial charge >= 0.3 is 11.9 Å². The number of benzene rings is 3. The third-order valence-corrected chi connectivity index (χ3v) is 19.6. The van der Waals surface area contributed by atoms with E-state index >= 15 is 0 Å². The first kappa shape index (κ1) is 63.7. The van der Waals surface area contributed by atoms with Crippen LogP contribution in [0.15, 0.2) is 54.6 Å². The average Bonchev–Trinajstić information content (AvgIpc) is 3.33. The Balaban J connectivity index is 1.93. The van der Waals surface area contributed by atoms with Gasteiger partial charge in [-0.05, 0) is 97.6 Å². The Labute approximate surface area is 455 Å². The van der Waals surface area contributed by atoms with Gasteiger partial charge in [-0.15, -0.1) is 11.1 Å². The Bertz CT molecular complexity index is 2320. The first-order valence-electron chi connectivity index (χ1n) is 28.6. The molecule has 3 aromatic carbocycles. The van der Waals surface area contributed by atoms with Crippen molar-refractivity contribution in [2.75, 3.05) is 19.8 Å². The van der Waals surface area contributed by atoms with Crippen LogP contribution in [0.2, 0.25) is 57.4 Å². The van der Waals surface area contributed by atoms with E-state index in [1.807, 2.05) is 42.5 Å². The highest BCUT2D eigenvalue weighted by Crippen LogP contribution is 2.36. The summed E-state index contributed by atoms with van der Waals surface area (Å²) in [4.78, 5) is 27.0. The van der Waals surface area contributed by atoms with Gasteiger partial charge in [0.2, 0.25) is 0 Å². The van der Waals surface area contributed by atoms with Gasteiger partial charge in [-0.25, -0.2) is 9.59 Å². The lowest BCUT2D eigenvalue weighted by atomic mass is 10.0. The second-order valence-electron chi connectivity index (χ2n) is 24.0. The highest BCUT2D eigenvalue weighted by molar-refractivity contribution is 6.84. The van der Waals surface area contributed by atoms with Crippen molar-refractivity contribution in [1.82, 2.24) is 0 Å². The minimum Gasteiger partial charge on any atom is -0.462 e. The monoisotopic (exact) mass is 1050 g/mol. The second kappa shape index (κ2) is 33.5. The number of unbranched alkanes of at least 4 members (excludes halogenated alkanes) is 18. The molecule has 0 bridgehead atoms. The predicted octanol–water partition coefficient (Wildman–Crippen LogP) is 17.7. The number of rotatable bonds is 28. The summed E-state index contributed by atoms with van der Waals surface area (Å²) >= 11 is 0. The fraction of sp³-hybridized carbons (Fsp3) is 0.576. The maximum atomic E-state index is 13.5. The normalized spacial score (nSPS) is 11.5. The SMILES string of the molecule is CCCCCCCCCCCCOC(=O)c1cc(C#Cc2cc(C#Cc3cc(C#C[Si](C)(C)C)cc(C(=O)OCCCCCCCCCCCC)c3)cc(CCO[Si](C)(C)C(C)(C)C)c2)cc(C#C[Si](C)(C)C)c1. The third kappa shape index (κ3) is 27.8. The molecule has 74 heavy (non-hydrogen) atoms. The lowest BCUT2D eigenvalue weighted by Gasteiger charge is -2.36. The van der Waals surface area contributed by atoms with Crippen molar-refractivity contribution in [2.45, 2.75) is 227 Å². The number of esters is 2. The highest BCUT2D eigenvalue weighted by Gasteiger charge is 2.36.